The molecule has 4 nitrogen and oxygen atoms in total. The van der Waals surface area contributed by atoms with Gasteiger partial charge in [-0.25, -0.2) is 9.18 Å². The molecule has 0 atom stereocenters. The van der Waals surface area contributed by atoms with Crippen LogP contribution in [0.5, 0.6) is 0 Å². The van der Waals surface area contributed by atoms with E-state index in [1.165, 1.54) is 13.2 Å². The molecule has 3 rings (SSSR count). The van der Waals surface area contributed by atoms with Crippen LogP contribution in [-0.2, 0) is 11.3 Å². The molecule has 0 unspecified atom stereocenters. The van der Waals surface area contributed by atoms with Crippen LogP contribution in [-0.4, -0.2) is 22.9 Å². The van der Waals surface area contributed by atoms with Crippen LogP contribution in [0.3, 0.4) is 0 Å². The topological polar surface area (TPSA) is 44.1 Å². The van der Waals surface area contributed by atoms with Crippen molar-refractivity contribution in [3.8, 4) is 0 Å². The molecule has 0 amide bonds. The van der Waals surface area contributed by atoms with Gasteiger partial charge in [-0.2, -0.15) is 5.10 Å². The smallest absolute Gasteiger partial charge is 0.340 e. The standard InChI is InChI=1S/C17H14ClFN2O2/c1-10-13-8-20-21(15(13)7-6-14(10)18)9-11-4-3-5-12(16(11)19)17(22)23-2/h3-8H,9H2,1-2H3. The molecule has 23 heavy (non-hydrogen) atoms. The average molecular weight is 333 g/mol. The maximum absolute atomic E-state index is 14.5. The van der Waals surface area contributed by atoms with Crippen molar-refractivity contribution in [3.05, 3.63) is 64.1 Å². The molecule has 0 saturated carbocycles. The molecule has 0 bridgehead atoms. The van der Waals surface area contributed by atoms with E-state index in [-0.39, 0.29) is 12.1 Å². The highest BCUT2D eigenvalue weighted by Gasteiger charge is 2.16. The highest BCUT2D eigenvalue weighted by atomic mass is 35.5. The lowest BCUT2D eigenvalue weighted by Gasteiger charge is -2.09. The summed E-state index contributed by atoms with van der Waals surface area (Å²) in [6, 6.07) is 8.28. The number of carbonyl (C=O) groups is 1. The third kappa shape index (κ3) is 2.68. The third-order valence-corrected chi connectivity index (χ3v) is 4.24. The van der Waals surface area contributed by atoms with E-state index in [0.29, 0.717) is 10.6 Å². The number of hydrogen-bond donors (Lipinski definition) is 0. The molecule has 0 radical (unpaired) electrons. The Kier molecular flexibility index (Phi) is 4.05. The maximum atomic E-state index is 14.5. The Labute approximate surface area is 137 Å². The molecular weight excluding hydrogens is 319 g/mol. The molecular formula is C17H14ClFN2O2. The van der Waals surface area contributed by atoms with Crippen molar-refractivity contribution in [3.63, 3.8) is 0 Å². The second-order valence-electron chi connectivity index (χ2n) is 5.18. The first-order valence-electron chi connectivity index (χ1n) is 6.99. The van der Waals surface area contributed by atoms with Gasteiger partial charge >= 0.3 is 5.97 Å². The van der Waals surface area contributed by atoms with Gasteiger partial charge in [0.05, 0.1) is 30.9 Å². The fraction of sp³-hybridized carbons (Fsp3) is 0.176. The summed E-state index contributed by atoms with van der Waals surface area (Å²) in [6.07, 6.45) is 1.71. The van der Waals surface area contributed by atoms with Crippen molar-refractivity contribution in [1.29, 1.82) is 0 Å². The van der Waals surface area contributed by atoms with Crippen LogP contribution in [0.25, 0.3) is 10.9 Å². The van der Waals surface area contributed by atoms with Crippen LogP contribution in [0, 0.1) is 12.7 Å². The largest absolute Gasteiger partial charge is 0.465 e. The SMILES string of the molecule is COC(=O)c1cccc(Cn2ncc3c(C)c(Cl)ccc32)c1F. The number of fused-ring (bicyclic) bond motifs is 1. The number of aryl methyl sites for hydroxylation is 1. The lowest BCUT2D eigenvalue weighted by molar-refractivity contribution is 0.0595. The van der Waals surface area contributed by atoms with Crippen molar-refractivity contribution < 1.29 is 13.9 Å². The first-order chi connectivity index (χ1) is 11.0. The van der Waals surface area contributed by atoms with E-state index in [0.717, 1.165) is 16.5 Å². The third-order valence-electron chi connectivity index (χ3n) is 3.83. The lowest BCUT2D eigenvalue weighted by atomic mass is 10.1. The molecule has 0 spiro atoms. The number of aromatic nitrogens is 2. The van der Waals surface area contributed by atoms with E-state index in [1.54, 1.807) is 29.1 Å². The summed E-state index contributed by atoms with van der Waals surface area (Å²) in [6.45, 7) is 2.12. The highest BCUT2D eigenvalue weighted by Crippen LogP contribution is 2.26. The fourth-order valence-corrected chi connectivity index (χ4v) is 2.69. The minimum absolute atomic E-state index is 0.0827. The van der Waals surface area contributed by atoms with Gasteiger partial charge in [0.15, 0.2) is 0 Å². The number of hydrogen-bond acceptors (Lipinski definition) is 3. The van der Waals surface area contributed by atoms with Gasteiger partial charge in [-0.15, -0.1) is 0 Å². The van der Waals surface area contributed by atoms with E-state index in [1.807, 2.05) is 13.0 Å². The van der Waals surface area contributed by atoms with E-state index in [9.17, 15) is 9.18 Å². The van der Waals surface area contributed by atoms with Crippen LogP contribution in [0.15, 0.2) is 36.5 Å². The van der Waals surface area contributed by atoms with Crippen molar-refractivity contribution in [2.75, 3.05) is 7.11 Å². The maximum Gasteiger partial charge on any atom is 0.340 e. The van der Waals surface area contributed by atoms with Gasteiger partial charge in [-0.05, 0) is 30.7 Å². The Morgan fingerprint density at radius 1 is 1.35 bits per heavy atom. The Morgan fingerprint density at radius 3 is 2.87 bits per heavy atom. The van der Waals surface area contributed by atoms with Gasteiger partial charge in [0.25, 0.3) is 0 Å². The quantitative estimate of drug-likeness (QED) is 0.682. The predicted octanol–water partition coefficient (Wildman–Crippen LogP) is 3.97. The van der Waals surface area contributed by atoms with Crippen molar-refractivity contribution in [1.82, 2.24) is 9.78 Å². The van der Waals surface area contributed by atoms with Gasteiger partial charge in [0, 0.05) is 16.0 Å². The van der Waals surface area contributed by atoms with E-state index in [4.69, 9.17) is 11.6 Å². The molecule has 0 aliphatic heterocycles. The molecule has 0 aliphatic carbocycles. The van der Waals surface area contributed by atoms with Crippen LogP contribution >= 0.6 is 11.6 Å². The molecule has 0 fully saturated rings. The van der Waals surface area contributed by atoms with Gasteiger partial charge in [-0.3, -0.25) is 4.68 Å². The number of carbonyl (C=O) groups excluding carboxylic acids is 1. The van der Waals surface area contributed by atoms with Gasteiger partial charge in [0.1, 0.15) is 5.82 Å². The average Bonchev–Trinajstić information content (AvgIpc) is 2.96. The summed E-state index contributed by atoms with van der Waals surface area (Å²) in [5, 5.41) is 5.88. The number of rotatable bonds is 3. The number of esters is 1. The highest BCUT2D eigenvalue weighted by molar-refractivity contribution is 6.32. The molecule has 0 saturated heterocycles. The van der Waals surface area contributed by atoms with Gasteiger partial charge < -0.3 is 4.74 Å². The second-order valence-corrected chi connectivity index (χ2v) is 5.58. The fourth-order valence-electron chi connectivity index (χ4n) is 2.52. The first kappa shape index (κ1) is 15.5. The molecule has 6 heteroatoms. The number of nitrogens with zero attached hydrogens (tertiary/aromatic N) is 2. The lowest BCUT2D eigenvalue weighted by Crippen LogP contribution is -2.09. The molecule has 1 aromatic heterocycles. The number of ether oxygens (including phenoxy) is 1. The second kappa shape index (κ2) is 6.01. The summed E-state index contributed by atoms with van der Waals surface area (Å²) in [5.41, 5.74) is 2.07. The zero-order valence-electron chi connectivity index (χ0n) is 12.6. The van der Waals surface area contributed by atoms with E-state index >= 15 is 0 Å². The summed E-state index contributed by atoms with van der Waals surface area (Å²) in [4.78, 5) is 11.6. The van der Waals surface area contributed by atoms with Gasteiger partial charge in [-0.1, -0.05) is 23.7 Å². The van der Waals surface area contributed by atoms with Gasteiger partial charge in [0.2, 0.25) is 0 Å². The van der Waals surface area contributed by atoms with Crippen molar-refractivity contribution >= 4 is 28.5 Å². The number of methoxy groups -OCH3 is 1. The molecule has 118 valence electrons. The number of benzene rings is 2. The number of halogens is 2. The first-order valence-corrected chi connectivity index (χ1v) is 7.37. The van der Waals surface area contributed by atoms with Crippen molar-refractivity contribution in [2.45, 2.75) is 13.5 Å². The van der Waals surface area contributed by atoms with Crippen molar-refractivity contribution in [2.24, 2.45) is 0 Å². The minimum atomic E-state index is -0.697. The Bertz CT molecular complexity index is 905. The van der Waals surface area contributed by atoms with Crippen LogP contribution < -0.4 is 0 Å². The minimum Gasteiger partial charge on any atom is -0.465 e. The summed E-state index contributed by atoms with van der Waals surface area (Å²) >= 11 is 6.11. The van der Waals surface area contributed by atoms with E-state index < -0.39 is 11.8 Å². The summed E-state index contributed by atoms with van der Waals surface area (Å²) in [5.74, 6) is -1.29. The monoisotopic (exact) mass is 332 g/mol. The molecule has 0 N–H and O–H groups in total. The molecule has 2 aromatic carbocycles. The zero-order valence-corrected chi connectivity index (χ0v) is 13.4. The van der Waals surface area contributed by atoms with Crippen LogP contribution in [0.2, 0.25) is 5.02 Å². The molecule has 1 heterocycles. The summed E-state index contributed by atoms with van der Waals surface area (Å²) in [7, 11) is 1.22. The van der Waals surface area contributed by atoms with Crippen LogP contribution in [0.1, 0.15) is 21.5 Å². The summed E-state index contributed by atoms with van der Waals surface area (Å²) < 4.78 is 20.8. The normalized spacial score (nSPS) is 11.0. The Balaban J connectivity index is 2.03. The Morgan fingerprint density at radius 2 is 2.13 bits per heavy atom. The zero-order chi connectivity index (χ0) is 16.6. The molecule has 0 aliphatic rings. The van der Waals surface area contributed by atoms with E-state index in [2.05, 4.69) is 9.84 Å². The molecule has 3 aromatic rings. The Hall–Kier alpha value is -2.40. The van der Waals surface area contributed by atoms with Crippen LogP contribution in [0.4, 0.5) is 4.39 Å². The predicted molar refractivity (Wildman–Crippen MR) is 86.3 cm³/mol.